The molecular formula is C14H28N4. The van der Waals surface area contributed by atoms with Crippen LogP contribution in [0.4, 0.5) is 0 Å². The van der Waals surface area contributed by atoms with Crippen LogP contribution in [0.3, 0.4) is 0 Å². The zero-order valence-electron chi connectivity index (χ0n) is 12.7. The fourth-order valence-corrected chi connectivity index (χ4v) is 2.35. The van der Waals surface area contributed by atoms with Gasteiger partial charge in [0, 0.05) is 24.3 Å². The summed E-state index contributed by atoms with van der Waals surface area (Å²) in [5.41, 5.74) is 1.36. The van der Waals surface area contributed by atoms with Gasteiger partial charge in [-0.25, -0.2) is 0 Å². The molecule has 4 heteroatoms. The monoisotopic (exact) mass is 252 g/mol. The van der Waals surface area contributed by atoms with Gasteiger partial charge in [-0.1, -0.05) is 13.8 Å². The zero-order valence-corrected chi connectivity index (χ0v) is 12.7. The van der Waals surface area contributed by atoms with Gasteiger partial charge < -0.3 is 10.2 Å². The van der Waals surface area contributed by atoms with Crippen LogP contribution >= 0.6 is 0 Å². The lowest BCUT2D eigenvalue weighted by Gasteiger charge is -2.43. The number of likely N-dealkylation sites (N-methyl/N-ethyl adjacent to an activating group) is 1. The summed E-state index contributed by atoms with van der Waals surface area (Å²) in [6, 6.07) is 0.311. The zero-order chi connectivity index (χ0) is 13.8. The van der Waals surface area contributed by atoms with E-state index in [4.69, 9.17) is 0 Å². The molecule has 1 rings (SSSR count). The molecule has 0 aliphatic heterocycles. The quantitative estimate of drug-likeness (QED) is 0.807. The van der Waals surface area contributed by atoms with Gasteiger partial charge in [-0.15, -0.1) is 0 Å². The number of nitrogens with zero attached hydrogens (tertiary/aromatic N) is 3. The summed E-state index contributed by atoms with van der Waals surface area (Å²) in [5.74, 6) is 0. The van der Waals surface area contributed by atoms with E-state index in [9.17, 15) is 0 Å². The van der Waals surface area contributed by atoms with Crippen LogP contribution in [0.1, 0.15) is 45.2 Å². The fourth-order valence-electron chi connectivity index (χ4n) is 2.35. The van der Waals surface area contributed by atoms with Crippen molar-refractivity contribution in [2.45, 2.75) is 45.2 Å². The van der Waals surface area contributed by atoms with Gasteiger partial charge in [0.2, 0.25) is 0 Å². The first-order valence-corrected chi connectivity index (χ1v) is 6.85. The summed E-state index contributed by atoms with van der Waals surface area (Å²) in [6.45, 7) is 7.79. The summed E-state index contributed by atoms with van der Waals surface area (Å²) in [5, 5.41) is 7.99. The lowest BCUT2D eigenvalue weighted by Crippen LogP contribution is -2.51. The Bertz CT molecular complexity index is 358. The van der Waals surface area contributed by atoms with Crippen molar-refractivity contribution in [1.29, 1.82) is 0 Å². The molecule has 2 atom stereocenters. The molecule has 0 aliphatic carbocycles. The van der Waals surface area contributed by atoms with Gasteiger partial charge in [-0.3, -0.25) is 4.68 Å². The molecule has 0 radical (unpaired) electrons. The number of aromatic nitrogens is 2. The van der Waals surface area contributed by atoms with Crippen molar-refractivity contribution >= 4 is 0 Å². The van der Waals surface area contributed by atoms with Crippen LogP contribution in [0, 0.1) is 0 Å². The summed E-state index contributed by atoms with van der Waals surface area (Å²) < 4.78 is 1.88. The van der Waals surface area contributed by atoms with E-state index in [1.807, 2.05) is 17.9 Å². The Morgan fingerprint density at radius 3 is 2.50 bits per heavy atom. The SMILES string of the molecule is CCCNC(c1cnn(C)c1)C(C)(CC)N(C)C. The van der Waals surface area contributed by atoms with Gasteiger partial charge in [0.15, 0.2) is 0 Å². The maximum atomic E-state index is 4.31. The molecule has 0 bridgehead atoms. The minimum atomic E-state index is 0.0954. The van der Waals surface area contributed by atoms with Crippen molar-refractivity contribution in [3.63, 3.8) is 0 Å². The Labute approximate surface area is 111 Å². The second kappa shape index (κ2) is 6.34. The standard InChI is InChI=1S/C14H28N4/c1-7-9-15-13(12-10-16-18(6)11-12)14(3,8-2)17(4)5/h10-11,13,15H,7-9H2,1-6H3. The van der Waals surface area contributed by atoms with Gasteiger partial charge in [0.05, 0.1) is 12.2 Å². The number of nitrogens with one attached hydrogen (secondary N) is 1. The number of hydrogen-bond acceptors (Lipinski definition) is 3. The summed E-state index contributed by atoms with van der Waals surface area (Å²) in [4.78, 5) is 2.31. The lowest BCUT2D eigenvalue weighted by molar-refractivity contribution is 0.113. The fraction of sp³-hybridized carbons (Fsp3) is 0.786. The molecule has 1 heterocycles. The Hall–Kier alpha value is -0.870. The van der Waals surface area contributed by atoms with Gasteiger partial charge in [0.1, 0.15) is 0 Å². The molecule has 0 saturated carbocycles. The minimum Gasteiger partial charge on any atom is -0.308 e. The highest BCUT2D eigenvalue weighted by Gasteiger charge is 2.36. The molecule has 0 fully saturated rings. The molecular weight excluding hydrogens is 224 g/mol. The third-order valence-corrected chi connectivity index (χ3v) is 4.02. The third kappa shape index (κ3) is 3.12. The summed E-state index contributed by atoms with van der Waals surface area (Å²) in [7, 11) is 6.28. The molecule has 0 saturated heterocycles. The highest BCUT2D eigenvalue weighted by molar-refractivity contribution is 5.17. The van der Waals surface area contributed by atoms with Gasteiger partial charge in [-0.05, 0) is 40.4 Å². The molecule has 0 aromatic carbocycles. The van der Waals surface area contributed by atoms with Crippen molar-refractivity contribution in [2.75, 3.05) is 20.6 Å². The first-order chi connectivity index (χ1) is 8.45. The molecule has 1 aromatic rings. The van der Waals surface area contributed by atoms with Crippen LogP contribution in [0.25, 0.3) is 0 Å². The van der Waals surface area contributed by atoms with Crippen molar-refractivity contribution < 1.29 is 0 Å². The van der Waals surface area contributed by atoms with Gasteiger partial charge >= 0.3 is 0 Å². The second-order valence-corrected chi connectivity index (χ2v) is 5.44. The smallest absolute Gasteiger partial charge is 0.0538 e. The first kappa shape index (κ1) is 15.2. The highest BCUT2D eigenvalue weighted by atomic mass is 15.2. The largest absolute Gasteiger partial charge is 0.308 e. The van der Waals surface area contributed by atoms with Crippen molar-refractivity contribution in [1.82, 2.24) is 20.0 Å². The minimum absolute atomic E-state index is 0.0954. The van der Waals surface area contributed by atoms with E-state index in [-0.39, 0.29) is 5.54 Å². The highest BCUT2D eigenvalue weighted by Crippen LogP contribution is 2.32. The Morgan fingerprint density at radius 2 is 2.11 bits per heavy atom. The maximum absolute atomic E-state index is 4.31. The van der Waals surface area contributed by atoms with Crippen LogP contribution in [0.15, 0.2) is 12.4 Å². The van der Waals surface area contributed by atoms with Crippen molar-refractivity contribution in [3.8, 4) is 0 Å². The molecule has 1 N–H and O–H groups in total. The van der Waals surface area contributed by atoms with Crippen LogP contribution < -0.4 is 5.32 Å². The van der Waals surface area contributed by atoms with E-state index in [0.29, 0.717) is 6.04 Å². The molecule has 0 spiro atoms. The number of hydrogen-bond donors (Lipinski definition) is 1. The van der Waals surface area contributed by atoms with E-state index in [1.165, 1.54) is 5.56 Å². The topological polar surface area (TPSA) is 33.1 Å². The Morgan fingerprint density at radius 1 is 1.44 bits per heavy atom. The average Bonchev–Trinajstić information content (AvgIpc) is 2.75. The molecule has 2 unspecified atom stereocenters. The average molecular weight is 252 g/mol. The van der Waals surface area contributed by atoms with E-state index < -0.39 is 0 Å². The lowest BCUT2D eigenvalue weighted by atomic mass is 9.84. The molecule has 18 heavy (non-hydrogen) atoms. The predicted octanol–water partition coefficient (Wildman–Crippen LogP) is 2.19. The molecule has 0 amide bonds. The van der Waals surface area contributed by atoms with E-state index >= 15 is 0 Å². The molecule has 1 aromatic heterocycles. The van der Waals surface area contributed by atoms with E-state index in [1.54, 1.807) is 0 Å². The van der Waals surface area contributed by atoms with Crippen molar-refractivity contribution in [3.05, 3.63) is 18.0 Å². The van der Waals surface area contributed by atoms with Crippen LogP contribution in [0.2, 0.25) is 0 Å². The summed E-state index contributed by atoms with van der Waals surface area (Å²) >= 11 is 0. The summed E-state index contributed by atoms with van der Waals surface area (Å²) in [6.07, 6.45) is 6.33. The molecule has 104 valence electrons. The van der Waals surface area contributed by atoms with Crippen LogP contribution in [-0.4, -0.2) is 40.9 Å². The first-order valence-electron chi connectivity index (χ1n) is 6.85. The second-order valence-electron chi connectivity index (χ2n) is 5.44. The molecule has 0 aliphatic rings. The van der Waals surface area contributed by atoms with E-state index in [0.717, 1.165) is 19.4 Å². The van der Waals surface area contributed by atoms with Crippen LogP contribution in [-0.2, 0) is 7.05 Å². The third-order valence-electron chi connectivity index (χ3n) is 4.02. The maximum Gasteiger partial charge on any atom is 0.0538 e. The Kier molecular flexibility index (Phi) is 5.35. The van der Waals surface area contributed by atoms with Crippen LogP contribution in [0.5, 0.6) is 0 Å². The predicted molar refractivity (Wildman–Crippen MR) is 76.6 cm³/mol. The normalized spacial score (nSPS) is 16.8. The van der Waals surface area contributed by atoms with Crippen molar-refractivity contribution in [2.24, 2.45) is 7.05 Å². The van der Waals surface area contributed by atoms with Gasteiger partial charge in [0.25, 0.3) is 0 Å². The number of rotatable bonds is 7. The van der Waals surface area contributed by atoms with Gasteiger partial charge in [-0.2, -0.15) is 5.10 Å². The number of aryl methyl sites for hydroxylation is 1. The molecule has 4 nitrogen and oxygen atoms in total. The Balaban J connectivity index is 3.03. The van der Waals surface area contributed by atoms with E-state index in [2.05, 4.69) is 56.4 Å².